The summed E-state index contributed by atoms with van der Waals surface area (Å²) >= 11 is 7.44. The maximum absolute atomic E-state index is 12.2. The third-order valence-electron chi connectivity index (χ3n) is 3.55. The Bertz CT molecular complexity index is 603. The van der Waals surface area contributed by atoms with Gasteiger partial charge < -0.3 is 5.32 Å². The number of amides is 1. The third-order valence-corrected chi connectivity index (χ3v) is 4.55. The first-order valence-electron chi connectivity index (χ1n) is 5.51. The molecule has 2 atom stereocenters. The van der Waals surface area contributed by atoms with Gasteiger partial charge in [0.05, 0.1) is 16.5 Å². The Morgan fingerprint density at radius 3 is 2.83 bits per heavy atom. The lowest BCUT2D eigenvalue weighted by molar-refractivity contribution is -0.119. The van der Waals surface area contributed by atoms with Crippen molar-refractivity contribution >= 4 is 34.6 Å². The van der Waals surface area contributed by atoms with Gasteiger partial charge in [-0.05, 0) is 35.4 Å². The smallest absolute Gasteiger partial charge is 0.248 e. The quantitative estimate of drug-likeness (QED) is 0.858. The summed E-state index contributed by atoms with van der Waals surface area (Å²) in [6.07, 6.45) is 3.13. The van der Waals surface area contributed by atoms with E-state index >= 15 is 0 Å². The van der Waals surface area contributed by atoms with Crippen molar-refractivity contribution in [1.82, 2.24) is 5.32 Å². The van der Waals surface area contributed by atoms with Crippen LogP contribution in [0.3, 0.4) is 0 Å². The molecule has 1 amide bonds. The summed E-state index contributed by atoms with van der Waals surface area (Å²) < 4.78 is 0. The first kappa shape index (κ1) is 11.7. The molecule has 0 saturated carbocycles. The average molecular weight is 280 g/mol. The Labute approximate surface area is 113 Å². The van der Waals surface area contributed by atoms with Gasteiger partial charge in [-0.2, -0.15) is 11.3 Å². The molecule has 0 spiro atoms. The molecule has 3 nitrogen and oxygen atoms in total. The number of carbonyl (C=O) groups is 2. The highest BCUT2D eigenvalue weighted by atomic mass is 35.5. The molecule has 1 saturated heterocycles. The normalized spacial score (nSPS) is 30.7. The van der Waals surface area contributed by atoms with Crippen molar-refractivity contribution < 1.29 is 9.59 Å². The van der Waals surface area contributed by atoms with Crippen LogP contribution in [-0.4, -0.2) is 11.7 Å². The average Bonchev–Trinajstić information content (AvgIpc) is 2.92. The van der Waals surface area contributed by atoms with Crippen molar-refractivity contribution in [1.29, 1.82) is 0 Å². The van der Waals surface area contributed by atoms with E-state index in [0.29, 0.717) is 5.57 Å². The highest BCUT2D eigenvalue weighted by Gasteiger charge is 2.52. The molecule has 1 N–H and O–H groups in total. The number of carbonyl (C=O) groups excluding carboxylic acids is 2. The SMILES string of the molecule is CC1(c2ccsc2)NC(=O)C2=CC=C(Cl)C(=O)C21. The number of rotatable bonds is 1. The van der Waals surface area contributed by atoms with Crippen LogP contribution in [0.25, 0.3) is 0 Å². The van der Waals surface area contributed by atoms with E-state index in [9.17, 15) is 9.59 Å². The summed E-state index contributed by atoms with van der Waals surface area (Å²) in [5, 5.41) is 6.97. The fraction of sp³-hybridized carbons (Fsp3) is 0.231. The molecule has 5 heteroatoms. The van der Waals surface area contributed by atoms with E-state index in [1.807, 2.05) is 23.8 Å². The van der Waals surface area contributed by atoms with Gasteiger partial charge in [0.1, 0.15) is 0 Å². The molecule has 18 heavy (non-hydrogen) atoms. The van der Waals surface area contributed by atoms with Crippen LogP contribution in [0.1, 0.15) is 12.5 Å². The first-order valence-corrected chi connectivity index (χ1v) is 6.83. The van der Waals surface area contributed by atoms with Gasteiger partial charge in [0.2, 0.25) is 5.91 Å². The standard InChI is InChI=1S/C13H10ClNO2S/c1-13(7-4-5-18-6-7)10-8(12(17)15-13)2-3-9(14)11(10)16/h2-6,10H,1H3,(H,15,17). The Hall–Kier alpha value is -1.39. The van der Waals surface area contributed by atoms with E-state index in [-0.39, 0.29) is 16.7 Å². The second-order valence-electron chi connectivity index (χ2n) is 4.60. The molecule has 1 fully saturated rings. The predicted molar refractivity (Wildman–Crippen MR) is 70.3 cm³/mol. The Morgan fingerprint density at radius 2 is 2.17 bits per heavy atom. The number of fused-ring (bicyclic) bond motifs is 1. The molecular formula is C13H10ClNO2S. The van der Waals surface area contributed by atoms with Crippen LogP contribution in [-0.2, 0) is 15.1 Å². The van der Waals surface area contributed by atoms with Crippen LogP contribution < -0.4 is 5.32 Å². The molecular weight excluding hydrogens is 270 g/mol. The fourth-order valence-electron chi connectivity index (χ4n) is 2.58. The number of thiophene rings is 1. The molecule has 1 aromatic rings. The molecule has 0 radical (unpaired) electrons. The van der Waals surface area contributed by atoms with Crippen LogP contribution in [0.2, 0.25) is 0 Å². The Morgan fingerprint density at radius 1 is 1.39 bits per heavy atom. The van der Waals surface area contributed by atoms with Crippen molar-refractivity contribution in [2.45, 2.75) is 12.5 Å². The Balaban J connectivity index is 2.16. The summed E-state index contributed by atoms with van der Waals surface area (Å²) in [6, 6.07) is 1.92. The maximum Gasteiger partial charge on any atom is 0.248 e. The highest BCUT2D eigenvalue weighted by Crippen LogP contribution is 2.44. The van der Waals surface area contributed by atoms with E-state index < -0.39 is 11.5 Å². The van der Waals surface area contributed by atoms with Gasteiger partial charge >= 0.3 is 0 Å². The molecule has 0 aromatic carbocycles. The molecule has 1 aliphatic carbocycles. The van der Waals surface area contributed by atoms with Crippen LogP contribution in [0, 0.1) is 5.92 Å². The van der Waals surface area contributed by atoms with Gasteiger partial charge in [0.15, 0.2) is 5.78 Å². The predicted octanol–water partition coefficient (Wildman–Crippen LogP) is 2.34. The summed E-state index contributed by atoms with van der Waals surface area (Å²) in [7, 11) is 0. The second kappa shape index (κ2) is 3.80. The number of hydrogen-bond donors (Lipinski definition) is 1. The first-order chi connectivity index (χ1) is 8.54. The minimum absolute atomic E-state index is 0.182. The molecule has 2 aliphatic rings. The van der Waals surface area contributed by atoms with Crippen molar-refractivity contribution in [2.24, 2.45) is 5.92 Å². The van der Waals surface area contributed by atoms with E-state index in [1.54, 1.807) is 6.08 Å². The lowest BCUT2D eigenvalue weighted by atomic mass is 9.76. The number of nitrogens with one attached hydrogen (secondary N) is 1. The molecule has 92 valence electrons. The zero-order valence-electron chi connectivity index (χ0n) is 9.57. The molecule has 2 heterocycles. The Kier molecular flexibility index (Phi) is 2.47. The summed E-state index contributed by atoms with van der Waals surface area (Å²) in [6.45, 7) is 1.87. The van der Waals surface area contributed by atoms with Crippen molar-refractivity contribution in [2.75, 3.05) is 0 Å². The number of ketones is 1. The minimum atomic E-state index is -0.700. The van der Waals surface area contributed by atoms with Crippen molar-refractivity contribution in [3.05, 3.63) is 45.1 Å². The van der Waals surface area contributed by atoms with Gasteiger partial charge in [0.25, 0.3) is 0 Å². The topological polar surface area (TPSA) is 46.2 Å². The molecule has 1 aliphatic heterocycles. The minimum Gasteiger partial charge on any atom is -0.342 e. The van der Waals surface area contributed by atoms with Crippen LogP contribution in [0.4, 0.5) is 0 Å². The zero-order chi connectivity index (χ0) is 12.9. The zero-order valence-corrected chi connectivity index (χ0v) is 11.1. The second-order valence-corrected chi connectivity index (χ2v) is 5.79. The van der Waals surface area contributed by atoms with Crippen molar-refractivity contribution in [3.8, 4) is 0 Å². The van der Waals surface area contributed by atoms with E-state index in [0.717, 1.165) is 5.56 Å². The molecule has 3 rings (SSSR count). The molecule has 0 bridgehead atoms. The van der Waals surface area contributed by atoms with E-state index in [2.05, 4.69) is 5.32 Å². The van der Waals surface area contributed by atoms with Crippen molar-refractivity contribution in [3.63, 3.8) is 0 Å². The van der Waals surface area contributed by atoms with Gasteiger partial charge in [-0.25, -0.2) is 0 Å². The van der Waals surface area contributed by atoms with Gasteiger partial charge in [-0.1, -0.05) is 17.7 Å². The summed E-state index contributed by atoms with van der Waals surface area (Å²) in [4.78, 5) is 24.2. The largest absolute Gasteiger partial charge is 0.342 e. The van der Waals surface area contributed by atoms with Crippen LogP contribution in [0.15, 0.2) is 39.6 Å². The highest BCUT2D eigenvalue weighted by molar-refractivity contribution is 7.08. The molecule has 2 unspecified atom stereocenters. The lowest BCUT2D eigenvalue weighted by Crippen LogP contribution is -2.42. The molecule has 1 aromatic heterocycles. The fourth-order valence-corrected chi connectivity index (χ4v) is 3.53. The number of allylic oxidation sites excluding steroid dienone is 3. The number of hydrogen-bond acceptors (Lipinski definition) is 3. The maximum atomic E-state index is 12.2. The van der Waals surface area contributed by atoms with E-state index in [4.69, 9.17) is 11.6 Å². The monoisotopic (exact) mass is 279 g/mol. The van der Waals surface area contributed by atoms with Gasteiger partial charge in [-0.15, -0.1) is 0 Å². The van der Waals surface area contributed by atoms with E-state index in [1.165, 1.54) is 17.4 Å². The number of halogens is 1. The third kappa shape index (κ3) is 1.42. The summed E-state index contributed by atoms with van der Waals surface area (Å²) in [5.74, 6) is -0.916. The van der Waals surface area contributed by atoms with Gasteiger partial charge in [0, 0.05) is 5.57 Å². The lowest BCUT2D eigenvalue weighted by Gasteiger charge is -2.30. The van der Waals surface area contributed by atoms with Crippen LogP contribution >= 0.6 is 22.9 Å². The number of Topliss-reactive ketones (excluding diaryl/α,β-unsaturated/α-hetero) is 1. The van der Waals surface area contributed by atoms with Crippen LogP contribution in [0.5, 0.6) is 0 Å². The van der Waals surface area contributed by atoms with Gasteiger partial charge in [-0.3, -0.25) is 9.59 Å². The summed E-state index contributed by atoms with van der Waals surface area (Å²) in [5.41, 5.74) is 0.737.